The molecule has 0 amide bonds. The maximum absolute atomic E-state index is 12.3. The molecule has 12 heteroatoms. The van der Waals surface area contributed by atoms with Gasteiger partial charge in [-0.2, -0.15) is 0 Å². The van der Waals surface area contributed by atoms with Crippen LogP contribution in [0.4, 0.5) is 0 Å². The molecule has 0 spiro atoms. The van der Waals surface area contributed by atoms with E-state index in [1.54, 1.807) is 24.1 Å². The van der Waals surface area contributed by atoms with Gasteiger partial charge in [0.05, 0.1) is 52.7 Å². The minimum atomic E-state index is -1.02. The number of hydrogen-bond acceptors (Lipinski definition) is 10. The van der Waals surface area contributed by atoms with Gasteiger partial charge in [-0.25, -0.2) is 0 Å². The number of rotatable bonds is 27. The van der Waals surface area contributed by atoms with E-state index in [4.69, 9.17) is 14.2 Å². The molecule has 4 N–H and O–H groups in total. The Hall–Kier alpha value is -3.39. The minimum Gasteiger partial charge on any atom is -0.493 e. The standard InChI is InChI=1S/C36H54N2O10/c1-4-48-36-29(11-9-13-31(36)26-40)20-37(23-34(42)43)22-32(14-6-5-7-15-33(41)16-17-47-19-18-46-3)38(24-35(44)45)21-28-10-8-12-30(25-39)27(28)2/h8-13,32,39-40H,4-7,14-26H2,1-3H3,(H,42,43)(H,44,45). The number of nitrogens with zero attached hydrogens (tertiary/aromatic N) is 2. The van der Waals surface area contributed by atoms with Crippen LogP contribution in [0.2, 0.25) is 0 Å². The second-order valence-corrected chi connectivity index (χ2v) is 11.9. The molecule has 0 fully saturated rings. The third-order valence-corrected chi connectivity index (χ3v) is 8.27. The van der Waals surface area contributed by atoms with Crippen molar-refractivity contribution in [3.8, 4) is 5.75 Å². The van der Waals surface area contributed by atoms with E-state index >= 15 is 0 Å². The van der Waals surface area contributed by atoms with Crippen LogP contribution < -0.4 is 4.74 Å². The lowest BCUT2D eigenvalue weighted by molar-refractivity contribution is -0.141. The zero-order valence-electron chi connectivity index (χ0n) is 28.7. The summed E-state index contributed by atoms with van der Waals surface area (Å²) in [6.45, 7) is 5.24. The van der Waals surface area contributed by atoms with Gasteiger partial charge >= 0.3 is 11.9 Å². The first-order valence-electron chi connectivity index (χ1n) is 16.6. The van der Waals surface area contributed by atoms with Crippen LogP contribution in [-0.4, -0.2) is 107 Å². The molecule has 0 aliphatic heterocycles. The molecule has 268 valence electrons. The average Bonchev–Trinajstić information content (AvgIpc) is 3.04. The summed E-state index contributed by atoms with van der Waals surface area (Å²) in [6.07, 6.45) is 3.49. The van der Waals surface area contributed by atoms with Gasteiger partial charge in [0.1, 0.15) is 11.5 Å². The van der Waals surface area contributed by atoms with Crippen molar-refractivity contribution in [2.75, 3.05) is 53.2 Å². The van der Waals surface area contributed by atoms with E-state index in [9.17, 15) is 34.8 Å². The number of hydrogen-bond donors (Lipinski definition) is 4. The number of carbonyl (C=O) groups is 3. The molecule has 0 aliphatic carbocycles. The number of methoxy groups -OCH3 is 1. The van der Waals surface area contributed by atoms with Gasteiger partial charge in [0.2, 0.25) is 0 Å². The number of carboxylic acid groups (broad SMARTS) is 2. The zero-order valence-corrected chi connectivity index (χ0v) is 28.7. The molecule has 48 heavy (non-hydrogen) atoms. The Morgan fingerprint density at radius 1 is 0.792 bits per heavy atom. The highest BCUT2D eigenvalue weighted by Gasteiger charge is 2.26. The van der Waals surface area contributed by atoms with Gasteiger partial charge in [0.25, 0.3) is 0 Å². The number of aliphatic hydroxyl groups excluding tert-OH is 2. The van der Waals surface area contributed by atoms with E-state index in [1.165, 1.54) is 0 Å². The van der Waals surface area contributed by atoms with Crippen molar-refractivity contribution in [2.24, 2.45) is 0 Å². The first-order valence-corrected chi connectivity index (χ1v) is 16.6. The molecule has 0 aromatic heterocycles. The van der Waals surface area contributed by atoms with Crippen molar-refractivity contribution in [3.05, 3.63) is 64.2 Å². The van der Waals surface area contributed by atoms with Crippen molar-refractivity contribution < 1.29 is 49.0 Å². The predicted molar refractivity (Wildman–Crippen MR) is 181 cm³/mol. The number of aliphatic hydroxyl groups is 2. The predicted octanol–water partition coefficient (Wildman–Crippen LogP) is 3.79. The van der Waals surface area contributed by atoms with Crippen molar-refractivity contribution in [2.45, 2.75) is 84.7 Å². The van der Waals surface area contributed by atoms with E-state index in [1.807, 2.05) is 43.0 Å². The van der Waals surface area contributed by atoms with Crippen molar-refractivity contribution in [1.82, 2.24) is 9.80 Å². The summed E-state index contributed by atoms with van der Waals surface area (Å²) in [4.78, 5) is 40.2. The number of Topliss-reactive ketones (excluding diaryl/α,β-unsaturated/α-hetero) is 1. The number of benzene rings is 2. The summed E-state index contributed by atoms with van der Waals surface area (Å²) in [5, 5.41) is 39.6. The SMILES string of the molecule is CCOc1c(CO)cccc1CN(CC(=O)O)CC(CCCCCC(=O)CCOCCOC)N(CC(=O)O)Cc1cccc(CO)c1C. The minimum absolute atomic E-state index is 0.124. The topological polar surface area (TPSA) is 166 Å². The molecule has 0 saturated heterocycles. The quantitative estimate of drug-likeness (QED) is 0.101. The van der Waals surface area contributed by atoms with E-state index in [-0.39, 0.29) is 51.2 Å². The normalized spacial score (nSPS) is 12.1. The van der Waals surface area contributed by atoms with Crippen LogP contribution in [0.15, 0.2) is 36.4 Å². The monoisotopic (exact) mass is 674 g/mol. The molecule has 2 aromatic carbocycles. The highest BCUT2D eigenvalue weighted by atomic mass is 16.5. The van der Waals surface area contributed by atoms with Crippen molar-refractivity contribution in [3.63, 3.8) is 0 Å². The Labute approximate surface area is 284 Å². The molecule has 2 aromatic rings. The molecular formula is C36H54N2O10. The lowest BCUT2D eigenvalue weighted by atomic mass is 9.99. The molecule has 0 saturated carbocycles. The third-order valence-electron chi connectivity index (χ3n) is 8.27. The van der Waals surface area contributed by atoms with Gasteiger partial charge in [-0.15, -0.1) is 0 Å². The summed E-state index contributed by atoms with van der Waals surface area (Å²) < 4.78 is 16.2. The molecule has 0 heterocycles. The first-order chi connectivity index (χ1) is 23.1. The Morgan fingerprint density at radius 2 is 1.46 bits per heavy atom. The van der Waals surface area contributed by atoms with Gasteiger partial charge in [-0.1, -0.05) is 49.2 Å². The molecule has 1 unspecified atom stereocenters. The number of carboxylic acids is 2. The van der Waals surface area contributed by atoms with Crippen LogP contribution in [0.5, 0.6) is 5.75 Å². The highest BCUT2D eigenvalue weighted by Crippen LogP contribution is 2.27. The number of ketones is 1. The van der Waals surface area contributed by atoms with Crippen molar-refractivity contribution in [1.29, 1.82) is 0 Å². The Morgan fingerprint density at radius 3 is 2.10 bits per heavy atom. The fourth-order valence-electron chi connectivity index (χ4n) is 5.74. The molecule has 2 rings (SSSR count). The Balaban J connectivity index is 2.30. The summed E-state index contributed by atoms with van der Waals surface area (Å²) in [7, 11) is 1.59. The van der Waals surface area contributed by atoms with Crippen LogP contribution >= 0.6 is 0 Å². The first kappa shape index (κ1) is 40.8. The van der Waals surface area contributed by atoms with Crippen LogP contribution in [-0.2, 0) is 50.2 Å². The number of para-hydroxylation sites is 1. The fourth-order valence-corrected chi connectivity index (χ4v) is 5.74. The smallest absolute Gasteiger partial charge is 0.317 e. The van der Waals surface area contributed by atoms with Gasteiger partial charge in [0.15, 0.2) is 0 Å². The van der Waals surface area contributed by atoms with Gasteiger partial charge in [-0.05, 0) is 43.4 Å². The Bertz CT molecular complexity index is 1270. The maximum Gasteiger partial charge on any atom is 0.317 e. The fraction of sp³-hybridized carbons (Fsp3) is 0.583. The third kappa shape index (κ3) is 14.8. The van der Waals surface area contributed by atoms with Crippen LogP contribution in [0.3, 0.4) is 0 Å². The van der Waals surface area contributed by atoms with E-state index in [0.29, 0.717) is 76.4 Å². The average molecular weight is 675 g/mol. The molecule has 12 nitrogen and oxygen atoms in total. The lowest BCUT2D eigenvalue weighted by Crippen LogP contribution is -2.47. The van der Waals surface area contributed by atoms with Gasteiger partial charge < -0.3 is 34.6 Å². The lowest BCUT2D eigenvalue weighted by Gasteiger charge is -2.35. The molecule has 0 aliphatic rings. The molecule has 0 radical (unpaired) electrons. The van der Waals surface area contributed by atoms with Crippen LogP contribution in [0.1, 0.15) is 73.3 Å². The molecule has 0 bridgehead atoms. The summed E-state index contributed by atoms with van der Waals surface area (Å²) in [6, 6.07) is 10.6. The Kier molecular flexibility index (Phi) is 19.6. The number of unbranched alkanes of at least 4 members (excludes halogenated alkanes) is 2. The molecule has 1 atom stereocenters. The maximum atomic E-state index is 12.3. The second-order valence-electron chi connectivity index (χ2n) is 11.9. The van der Waals surface area contributed by atoms with Crippen LogP contribution in [0, 0.1) is 6.92 Å². The van der Waals surface area contributed by atoms with Gasteiger partial charge in [-0.3, -0.25) is 24.2 Å². The van der Waals surface area contributed by atoms with Crippen molar-refractivity contribution >= 4 is 17.7 Å². The summed E-state index contributed by atoms with van der Waals surface area (Å²) in [5.74, 6) is -1.39. The summed E-state index contributed by atoms with van der Waals surface area (Å²) in [5.41, 5.74) is 3.84. The zero-order chi connectivity index (χ0) is 35.3. The van der Waals surface area contributed by atoms with E-state index in [2.05, 4.69) is 0 Å². The van der Waals surface area contributed by atoms with Gasteiger partial charge in [0, 0.05) is 56.8 Å². The van der Waals surface area contributed by atoms with E-state index < -0.39 is 11.9 Å². The highest BCUT2D eigenvalue weighted by molar-refractivity contribution is 5.78. The summed E-state index contributed by atoms with van der Waals surface area (Å²) >= 11 is 0. The number of carbonyl (C=O) groups excluding carboxylic acids is 1. The number of ether oxygens (including phenoxy) is 3. The number of aliphatic carboxylic acids is 2. The van der Waals surface area contributed by atoms with E-state index in [0.717, 1.165) is 28.7 Å². The second kappa shape index (κ2) is 23.0. The largest absolute Gasteiger partial charge is 0.493 e. The molecular weight excluding hydrogens is 620 g/mol. The van der Waals surface area contributed by atoms with Crippen LogP contribution in [0.25, 0.3) is 0 Å².